The van der Waals surface area contributed by atoms with Gasteiger partial charge in [0.25, 0.3) is 0 Å². The van der Waals surface area contributed by atoms with Crippen LogP contribution in [-0.4, -0.2) is 5.78 Å². The van der Waals surface area contributed by atoms with Gasteiger partial charge in [-0.05, 0) is 49.1 Å². The van der Waals surface area contributed by atoms with Crippen molar-refractivity contribution in [3.05, 3.63) is 41.0 Å². The zero-order valence-corrected chi connectivity index (χ0v) is 11.1. The fraction of sp³-hybridized carbons (Fsp3) is 0.375. The number of nitriles is 1. The zero-order chi connectivity index (χ0) is 13.4. The standard InChI is InChI=1S/C16H19NO/c1-3-4-5-6-16(13(2)18)11-14-7-9-15(12-17)10-8-14/h7-11H,3-6H2,1-2H3. The second-order valence-corrected chi connectivity index (χ2v) is 4.42. The highest BCUT2D eigenvalue weighted by molar-refractivity contribution is 5.97. The average molecular weight is 241 g/mol. The van der Waals surface area contributed by atoms with E-state index in [4.69, 9.17) is 5.26 Å². The molecule has 94 valence electrons. The summed E-state index contributed by atoms with van der Waals surface area (Å²) in [4.78, 5) is 11.5. The molecular formula is C16H19NO. The first-order valence-electron chi connectivity index (χ1n) is 6.39. The van der Waals surface area contributed by atoms with Crippen molar-refractivity contribution in [3.8, 4) is 6.07 Å². The third-order valence-corrected chi connectivity index (χ3v) is 2.88. The van der Waals surface area contributed by atoms with Crippen molar-refractivity contribution in [2.24, 2.45) is 0 Å². The Morgan fingerprint density at radius 1 is 1.28 bits per heavy atom. The van der Waals surface area contributed by atoms with Crippen molar-refractivity contribution in [1.29, 1.82) is 5.26 Å². The topological polar surface area (TPSA) is 40.9 Å². The molecule has 0 aliphatic heterocycles. The monoisotopic (exact) mass is 241 g/mol. The number of Topliss-reactive ketones (excluding diaryl/α,β-unsaturated/α-hetero) is 1. The van der Waals surface area contributed by atoms with Gasteiger partial charge in [-0.3, -0.25) is 4.79 Å². The van der Waals surface area contributed by atoms with Gasteiger partial charge in [0, 0.05) is 0 Å². The maximum absolute atomic E-state index is 11.5. The molecule has 0 saturated carbocycles. The Morgan fingerprint density at radius 2 is 1.94 bits per heavy atom. The molecule has 1 aromatic rings. The number of rotatable bonds is 6. The summed E-state index contributed by atoms with van der Waals surface area (Å²) in [7, 11) is 0. The van der Waals surface area contributed by atoms with Crippen molar-refractivity contribution >= 4 is 11.9 Å². The smallest absolute Gasteiger partial charge is 0.155 e. The molecule has 0 radical (unpaired) electrons. The van der Waals surface area contributed by atoms with E-state index in [1.54, 1.807) is 19.1 Å². The molecule has 0 bridgehead atoms. The van der Waals surface area contributed by atoms with Crippen LogP contribution in [0.25, 0.3) is 6.08 Å². The summed E-state index contributed by atoms with van der Waals surface area (Å²) in [5.74, 6) is 0.135. The van der Waals surface area contributed by atoms with Crippen LogP contribution in [0.15, 0.2) is 29.8 Å². The number of carbonyl (C=O) groups excluding carboxylic acids is 1. The lowest BCUT2D eigenvalue weighted by atomic mass is 10.0. The average Bonchev–Trinajstić information content (AvgIpc) is 2.38. The Balaban J connectivity index is 2.80. The van der Waals surface area contributed by atoms with E-state index in [9.17, 15) is 4.79 Å². The molecule has 2 nitrogen and oxygen atoms in total. The van der Waals surface area contributed by atoms with Gasteiger partial charge < -0.3 is 0 Å². The molecule has 0 amide bonds. The molecule has 0 aliphatic carbocycles. The molecule has 1 rings (SSSR count). The molecule has 0 N–H and O–H groups in total. The predicted molar refractivity (Wildman–Crippen MR) is 74.0 cm³/mol. The Kier molecular flexibility index (Phi) is 5.87. The molecule has 0 spiro atoms. The lowest BCUT2D eigenvalue weighted by Gasteiger charge is -2.03. The van der Waals surface area contributed by atoms with Gasteiger partial charge in [0.2, 0.25) is 0 Å². The summed E-state index contributed by atoms with van der Waals surface area (Å²) in [6.45, 7) is 3.76. The lowest BCUT2D eigenvalue weighted by molar-refractivity contribution is -0.113. The van der Waals surface area contributed by atoms with Crippen molar-refractivity contribution in [2.45, 2.75) is 39.5 Å². The minimum absolute atomic E-state index is 0.135. The fourth-order valence-electron chi connectivity index (χ4n) is 1.77. The molecule has 0 fully saturated rings. The van der Waals surface area contributed by atoms with E-state index in [1.807, 2.05) is 18.2 Å². The van der Waals surface area contributed by atoms with E-state index in [0.717, 1.165) is 36.8 Å². The van der Waals surface area contributed by atoms with Gasteiger partial charge in [0.1, 0.15) is 0 Å². The van der Waals surface area contributed by atoms with Gasteiger partial charge >= 0.3 is 0 Å². The van der Waals surface area contributed by atoms with Gasteiger partial charge in [-0.25, -0.2) is 0 Å². The van der Waals surface area contributed by atoms with E-state index in [1.165, 1.54) is 0 Å². The molecule has 0 saturated heterocycles. The van der Waals surface area contributed by atoms with Crippen LogP contribution in [0.4, 0.5) is 0 Å². The van der Waals surface area contributed by atoms with Crippen LogP contribution in [-0.2, 0) is 4.79 Å². The molecule has 18 heavy (non-hydrogen) atoms. The summed E-state index contributed by atoms with van der Waals surface area (Å²) < 4.78 is 0. The van der Waals surface area contributed by atoms with Gasteiger partial charge in [-0.15, -0.1) is 0 Å². The van der Waals surface area contributed by atoms with E-state index in [0.29, 0.717) is 5.56 Å². The molecule has 2 heteroatoms. The summed E-state index contributed by atoms with van der Waals surface area (Å²) >= 11 is 0. The lowest BCUT2D eigenvalue weighted by Crippen LogP contribution is -1.96. The van der Waals surface area contributed by atoms with Crippen molar-refractivity contribution < 1.29 is 4.79 Å². The highest BCUT2D eigenvalue weighted by atomic mass is 16.1. The van der Waals surface area contributed by atoms with Crippen LogP contribution in [0.5, 0.6) is 0 Å². The first-order valence-corrected chi connectivity index (χ1v) is 6.39. The number of nitrogens with zero attached hydrogens (tertiary/aromatic N) is 1. The second-order valence-electron chi connectivity index (χ2n) is 4.42. The Hall–Kier alpha value is -1.88. The molecule has 0 aromatic heterocycles. The Labute approximate surface area is 109 Å². The van der Waals surface area contributed by atoms with Crippen LogP contribution >= 0.6 is 0 Å². The van der Waals surface area contributed by atoms with Gasteiger partial charge in [0.05, 0.1) is 11.6 Å². The Morgan fingerprint density at radius 3 is 2.44 bits per heavy atom. The van der Waals surface area contributed by atoms with Gasteiger partial charge in [0.15, 0.2) is 5.78 Å². The largest absolute Gasteiger partial charge is 0.295 e. The van der Waals surface area contributed by atoms with Gasteiger partial charge in [-0.2, -0.15) is 5.26 Å². The highest BCUT2D eigenvalue weighted by Crippen LogP contribution is 2.15. The number of unbranched alkanes of at least 4 members (excludes halogenated alkanes) is 2. The molecular weight excluding hydrogens is 222 g/mol. The predicted octanol–water partition coefficient (Wildman–Crippen LogP) is 4.11. The maximum atomic E-state index is 11.5. The second kappa shape index (κ2) is 7.45. The van der Waals surface area contributed by atoms with Crippen LogP contribution in [0.2, 0.25) is 0 Å². The highest BCUT2D eigenvalue weighted by Gasteiger charge is 2.03. The third kappa shape index (κ3) is 4.55. The number of carbonyl (C=O) groups is 1. The summed E-state index contributed by atoms with van der Waals surface area (Å²) in [5.41, 5.74) is 2.49. The van der Waals surface area contributed by atoms with Crippen LogP contribution < -0.4 is 0 Å². The summed E-state index contributed by atoms with van der Waals surface area (Å²) in [5, 5.41) is 8.72. The molecule has 0 aliphatic rings. The molecule has 0 heterocycles. The van der Waals surface area contributed by atoms with Gasteiger partial charge in [-0.1, -0.05) is 31.9 Å². The van der Waals surface area contributed by atoms with Crippen LogP contribution in [0.1, 0.15) is 50.7 Å². The number of allylic oxidation sites excluding steroid dienone is 1. The molecule has 0 atom stereocenters. The zero-order valence-electron chi connectivity index (χ0n) is 11.1. The van der Waals surface area contributed by atoms with Crippen LogP contribution in [0.3, 0.4) is 0 Å². The maximum Gasteiger partial charge on any atom is 0.155 e. The molecule has 1 aromatic carbocycles. The summed E-state index contributed by atoms with van der Waals surface area (Å²) in [6, 6.07) is 9.38. The minimum Gasteiger partial charge on any atom is -0.295 e. The minimum atomic E-state index is 0.135. The van der Waals surface area contributed by atoms with E-state index >= 15 is 0 Å². The Bertz CT molecular complexity index is 463. The molecule has 0 unspecified atom stereocenters. The van der Waals surface area contributed by atoms with E-state index < -0.39 is 0 Å². The first-order chi connectivity index (χ1) is 8.67. The number of ketones is 1. The normalized spacial score (nSPS) is 11.1. The van der Waals surface area contributed by atoms with Crippen molar-refractivity contribution in [2.75, 3.05) is 0 Å². The van der Waals surface area contributed by atoms with E-state index in [-0.39, 0.29) is 5.78 Å². The summed E-state index contributed by atoms with van der Waals surface area (Å²) in [6.07, 6.45) is 6.13. The number of hydrogen-bond donors (Lipinski definition) is 0. The third-order valence-electron chi connectivity index (χ3n) is 2.88. The van der Waals surface area contributed by atoms with E-state index in [2.05, 4.69) is 13.0 Å². The van der Waals surface area contributed by atoms with Crippen LogP contribution in [0, 0.1) is 11.3 Å². The first kappa shape index (κ1) is 14.2. The quantitative estimate of drug-likeness (QED) is 0.555. The van der Waals surface area contributed by atoms with Crippen molar-refractivity contribution in [3.63, 3.8) is 0 Å². The number of hydrogen-bond acceptors (Lipinski definition) is 2. The fourth-order valence-corrected chi connectivity index (χ4v) is 1.77. The SMILES string of the molecule is CCCCCC(=Cc1ccc(C#N)cc1)C(C)=O. The van der Waals surface area contributed by atoms with Crippen molar-refractivity contribution in [1.82, 2.24) is 0 Å². The number of benzene rings is 1.